The molecule has 0 amide bonds. The lowest BCUT2D eigenvalue weighted by Crippen LogP contribution is -2.00. The van der Waals surface area contributed by atoms with Gasteiger partial charge in [-0.2, -0.15) is 5.26 Å². The second-order valence-electron chi connectivity index (χ2n) is 4.29. The van der Waals surface area contributed by atoms with E-state index in [-0.39, 0.29) is 0 Å². The van der Waals surface area contributed by atoms with Gasteiger partial charge in [0.25, 0.3) is 0 Å². The molecule has 98 valence electrons. The molecule has 0 spiro atoms. The van der Waals surface area contributed by atoms with Crippen LogP contribution in [-0.4, -0.2) is 18.2 Å². The number of allylic oxidation sites excluding steroid dienone is 2. The van der Waals surface area contributed by atoms with E-state index in [1.807, 2.05) is 38.1 Å². The minimum atomic E-state index is 0.674. The molecule has 1 heterocycles. The van der Waals surface area contributed by atoms with E-state index >= 15 is 0 Å². The van der Waals surface area contributed by atoms with Crippen LogP contribution in [0, 0.1) is 11.3 Å². The number of para-hydroxylation sites is 1. The summed E-state index contributed by atoms with van der Waals surface area (Å²) < 4.78 is 5.44. The molecule has 3 nitrogen and oxygen atoms in total. The van der Waals surface area contributed by atoms with Crippen LogP contribution in [-0.2, 0) is 11.2 Å². The molecule has 3 heteroatoms. The summed E-state index contributed by atoms with van der Waals surface area (Å²) >= 11 is 0. The van der Waals surface area contributed by atoms with Gasteiger partial charge >= 0.3 is 0 Å². The first-order chi connectivity index (χ1) is 9.31. The number of rotatable bonds is 5. The average molecular weight is 254 g/mol. The minimum Gasteiger partial charge on any atom is -0.381 e. The normalized spacial score (nSPS) is 11.7. The largest absolute Gasteiger partial charge is 0.381 e. The Kier molecular flexibility index (Phi) is 4.38. The number of benzene rings is 1. The Morgan fingerprint density at radius 2 is 2.21 bits per heavy atom. The molecule has 1 N–H and O–H groups in total. The first kappa shape index (κ1) is 13.4. The van der Waals surface area contributed by atoms with Crippen molar-refractivity contribution in [2.24, 2.45) is 0 Å². The number of ether oxygens (including phenoxy) is 1. The van der Waals surface area contributed by atoms with Crippen molar-refractivity contribution in [2.75, 3.05) is 13.2 Å². The Morgan fingerprint density at radius 1 is 1.42 bits per heavy atom. The van der Waals surface area contributed by atoms with Crippen molar-refractivity contribution in [1.82, 2.24) is 4.98 Å². The van der Waals surface area contributed by atoms with Gasteiger partial charge in [0.15, 0.2) is 0 Å². The van der Waals surface area contributed by atoms with Gasteiger partial charge < -0.3 is 9.72 Å². The SMILES string of the molecule is C/C=C(\C#N)c1[nH]c2ccccc2c1CCOCC. The van der Waals surface area contributed by atoms with E-state index < -0.39 is 0 Å². The van der Waals surface area contributed by atoms with Crippen molar-refractivity contribution >= 4 is 16.5 Å². The lowest BCUT2D eigenvalue weighted by molar-refractivity contribution is 0.151. The molecule has 0 aliphatic rings. The van der Waals surface area contributed by atoms with E-state index in [1.54, 1.807) is 0 Å². The van der Waals surface area contributed by atoms with E-state index in [2.05, 4.69) is 17.1 Å². The Balaban J connectivity index is 2.49. The van der Waals surface area contributed by atoms with Crippen LogP contribution < -0.4 is 0 Å². The summed E-state index contributed by atoms with van der Waals surface area (Å²) in [5.41, 5.74) is 3.84. The minimum absolute atomic E-state index is 0.674. The number of aromatic nitrogens is 1. The standard InChI is InChI=1S/C16H18N2O/c1-3-12(11-17)16-14(9-10-19-4-2)13-7-5-6-8-15(13)18-16/h3,5-8,18H,4,9-10H2,1-2H3/b12-3+. The van der Waals surface area contributed by atoms with Crippen LogP contribution in [0.1, 0.15) is 25.1 Å². The van der Waals surface area contributed by atoms with E-state index in [0.717, 1.165) is 17.6 Å². The van der Waals surface area contributed by atoms with E-state index in [9.17, 15) is 5.26 Å². The maximum atomic E-state index is 9.23. The molecule has 0 fully saturated rings. The molecular formula is C16H18N2O. The highest BCUT2D eigenvalue weighted by atomic mass is 16.5. The van der Waals surface area contributed by atoms with E-state index in [1.165, 1.54) is 10.9 Å². The van der Waals surface area contributed by atoms with E-state index in [4.69, 9.17) is 4.74 Å². The van der Waals surface area contributed by atoms with Crippen molar-refractivity contribution in [1.29, 1.82) is 5.26 Å². The van der Waals surface area contributed by atoms with Gasteiger partial charge in [0.2, 0.25) is 0 Å². The van der Waals surface area contributed by atoms with E-state index in [0.29, 0.717) is 18.8 Å². The van der Waals surface area contributed by atoms with Gasteiger partial charge in [0.1, 0.15) is 6.07 Å². The van der Waals surface area contributed by atoms with Gasteiger partial charge in [0, 0.05) is 17.5 Å². The van der Waals surface area contributed by atoms with Crippen LogP contribution in [0.2, 0.25) is 0 Å². The second-order valence-corrected chi connectivity index (χ2v) is 4.29. The third kappa shape index (κ3) is 2.69. The fraction of sp³-hybridized carbons (Fsp3) is 0.312. The Bertz CT molecular complexity index is 632. The highest BCUT2D eigenvalue weighted by Gasteiger charge is 2.13. The van der Waals surface area contributed by atoms with Crippen LogP contribution in [0.15, 0.2) is 30.3 Å². The van der Waals surface area contributed by atoms with Crippen molar-refractivity contribution in [2.45, 2.75) is 20.3 Å². The molecule has 19 heavy (non-hydrogen) atoms. The third-order valence-electron chi connectivity index (χ3n) is 3.19. The zero-order chi connectivity index (χ0) is 13.7. The molecule has 0 atom stereocenters. The maximum absolute atomic E-state index is 9.23. The molecule has 1 aromatic carbocycles. The number of fused-ring (bicyclic) bond motifs is 1. The Hall–Kier alpha value is -2.05. The molecule has 0 aliphatic heterocycles. The summed E-state index contributed by atoms with van der Waals surface area (Å²) in [6.45, 7) is 5.26. The molecule has 2 rings (SSSR count). The van der Waals surface area contributed by atoms with Crippen LogP contribution >= 0.6 is 0 Å². The number of nitrogens with zero attached hydrogens (tertiary/aromatic N) is 1. The summed E-state index contributed by atoms with van der Waals surface area (Å²) in [6.07, 6.45) is 2.65. The fourth-order valence-corrected chi connectivity index (χ4v) is 2.27. The molecule has 1 aromatic heterocycles. The lowest BCUT2D eigenvalue weighted by Gasteiger charge is -2.04. The third-order valence-corrected chi connectivity index (χ3v) is 3.19. The quantitative estimate of drug-likeness (QED) is 0.653. The number of hydrogen-bond acceptors (Lipinski definition) is 2. The predicted molar refractivity (Wildman–Crippen MR) is 77.8 cm³/mol. The summed E-state index contributed by atoms with van der Waals surface area (Å²) in [7, 11) is 0. The van der Waals surface area contributed by atoms with Crippen LogP contribution in [0.5, 0.6) is 0 Å². The van der Waals surface area contributed by atoms with Crippen molar-refractivity contribution in [3.05, 3.63) is 41.6 Å². The molecule has 0 bridgehead atoms. The van der Waals surface area contributed by atoms with Gasteiger partial charge in [0.05, 0.1) is 17.9 Å². The number of aromatic amines is 1. The van der Waals surface area contributed by atoms with Crippen molar-refractivity contribution < 1.29 is 4.74 Å². The van der Waals surface area contributed by atoms with Gasteiger partial charge in [-0.3, -0.25) is 0 Å². The monoisotopic (exact) mass is 254 g/mol. The molecule has 2 aromatic rings. The molecular weight excluding hydrogens is 236 g/mol. The van der Waals surface area contributed by atoms with Crippen molar-refractivity contribution in [3.8, 4) is 6.07 Å². The number of H-pyrrole nitrogens is 1. The van der Waals surface area contributed by atoms with Crippen LogP contribution in [0.4, 0.5) is 0 Å². The van der Waals surface area contributed by atoms with Crippen LogP contribution in [0.25, 0.3) is 16.5 Å². The zero-order valence-corrected chi connectivity index (χ0v) is 11.4. The predicted octanol–water partition coefficient (Wildman–Crippen LogP) is 3.67. The van der Waals surface area contributed by atoms with Gasteiger partial charge in [-0.05, 0) is 31.9 Å². The molecule has 0 radical (unpaired) electrons. The van der Waals surface area contributed by atoms with Crippen LogP contribution in [0.3, 0.4) is 0 Å². The highest BCUT2D eigenvalue weighted by Crippen LogP contribution is 2.27. The highest BCUT2D eigenvalue weighted by molar-refractivity contribution is 5.91. The second kappa shape index (κ2) is 6.21. The Morgan fingerprint density at radius 3 is 2.89 bits per heavy atom. The van der Waals surface area contributed by atoms with Crippen molar-refractivity contribution in [3.63, 3.8) is 0 Å². The van der Waals surface area contributed by atoms with Gasteiger partial charge in [-0.25, -0.2) is 0 Å². The Labute approximate surface area is 113 Å². The van der Waals surface area contributed by atoms with Gasteiger partial charge in [-0.1, -0.05) is 24.3 Å². The molecule has 0 aliphatic carbocycles. The summed E-state index contributed by atoms with van der Waals surface area (Å²) in [4.78, 5) is 3.35. The summed E-state index contributed by atoms with van der Waals surface area (Å²) in [6, 6.07) is 10.4. The maximum Gasteiger partial charge on any atom is 0.101 e. The molecule has 0 unspecified atom stereocenters. The lowest BCUT2D eigenvalue weighted by atomic mass is 10.0. The summed E-state index contributed by atoms with van der Waals surface area (Å²) in [5.74, 6) is 0. The topological polar surface area (TPSA) is 48.8 Å². The first-order valence-electron chi connectivity index (χ1n) is 6.55. The molecule has 0 saturated carbocycles. The zero-order valence-electron chi connectivity index (χ0n) is 11.4. The average Bonchev–Trinajstić information content (AvgIpc) is 2.80. The number of nitriles is 1. The number of hydrogen-bond donors (Lipinski definition) is 1. The van der Waals surface area contributed by atoms with Gasteiger partial charge in [-0.15, -0.1) is 0 Å². The smallest absolute Gasteiger partial charge is 0.101 e. The first-order valence-corrected chi connectivity index (χ1v) is 6.55. The number of nitrogens with one attached hydrogen (secondary N) is 1. The fourth-order valence-electron chi connectivity index (χ4n) is 2.27. The molecule has 0 saturated heterocycles. The summed E-state index contributed by atoms with van der Waals surface area (Å²) in [5, 5.41) is 10.4.